The van der Waals surface area contributed by atoms with Gasteiger partial charge in [-0.05, 0) is 31.2 Å². The van der Waals surface area contributed by atoms with Crippen molar-refractivity contribution in [1.29, 1.82) is 0 Å². The summed E-state index contributed by atoms with van der Waals surface area (Å²) in [6, 6.07) is 14.0. The highest BCUT2D eigenvalue weighted by molar-refractivity contribution is 7.83. The number of rotatable bonds is 4. The Hall–Kier alpha value is -2.14. The molecule has 2 aromatic carbocycles. The van der Waals surface area contributed by atoms with Crippen LogP contribution >= 0.6 is 0 Å². The van der Waals surface area contributed by atoms with E-state index in [9.17, 15) is 9.00 Å². The number of carbonyl (C=O) groups excluding carboxylic acids is 1. The van der Waals surface area contributed by atoms with Gasteiger partial charge in [0, 0.05) is 0 Å². The summed E-state index contributed by atoms with van der Waals surface area (Å²) < 4.78 is 19.6. The fourth-order valence-electron chi connectivity index (χ4n) is 1.69. The summed E-state index contributed by atoms with van der Waals surface area (Å²) >= 11 is 0. The highest BCUT2D eigenvalue weighted by Crippen LogP contribution is 2.17. The van der Waals surface area contributed by atoms with Gasteiger partial charge in [0.2, 0.25) is 0 Å². The third kappa shape index (κ3) is 3.24. The van der Waals surface area contributed by atoms with E-state index in [1.807, 2.05) is 19.1 Å². The molecule has 1 amide bonds. The van der Waals surface area contributed by atoms with E-state index in [4.69, 9.17) is 4.74 Å². The van der Waals surface area contributed by atoms with Crippen LogP contribution in [0.3, 0.4) is 0 Å². The molecule has 2 rings (SSSR count). The van der Waals surface area contributed by atoms with Crippen LogP contribution in [0, 0.1) is 6.92 Å². The zero-order valence-electron chi connectivity index (χ0n) is 11.3. The van der Waals surface area contributed by atoms with Crippen molar-refractivity contribution in [2.24, 2.45) is 0 Å². The van der Waals surface area contributed by atoms with Crippen LogP contribution in [0.25, 0.3) is 0 Å². The molecule has 0 radical (unpaired) electrons. The molecular formula is C15H15NO3S. The lowest BCUT2D eigenvalue weighted by molar-refractivity contribution is 0.0980. The van der Waals surface area contributed by atoms with Gasteiger partial charge in [-0.25, -0.2) is 4.21 Å². The first-order chi connectivity index (χ1) is 9.61. The molecule has 1 atom stereocenters. The Morgan fingerprint density at radius 1 is 1.10 bits per heavy atom. The number of hydrogen-bond donors (Lipinski definition) is 1. The van der Waals surface area contributed by atoms with Crippen molar-refractivity contribution in [2.75, 3.05) is 7.11 Å². The monoisotopic (exact) mass is 289 g/mol. The summed E-state index contributed by atoms with van der Waals surface area (Å²) in [7, 11) is -0.0985. The molecule has 0 heterocycles. The number of carbonyl (C=O) groups is 1. The molecule has 1 unspecified atom stereocenters. The predicted octanol–water partition coefficient (Wildman–Crippen LogP) is 2.46. The van der Waals surface area contributed by atoms with E-state index in [1.165, 1.54) is 7.11 Å². The third-order valence-corrected chi connectivity index (χ3v) is 3.84. The number of amides is 1. The minimum atomic E-state index is -1.59. The Morgan fingerprint density at radius 3 is 2.40 bits per heavy atom. The van der Waals surface area contributed by atoms with Crippen LogP contribution in [0.15, 0.2) is 53.4 Å². The maximum Gasteiger partial charge on any atom is 0.266 e. The van der Waals surface area contributed by atoms with Crippen LogP contribution in [0.2, 0.25) is 0 Å². The zero-order chi connectivity index (χ0) is 14.5. The number of nitrogens with one attached hydrogen (secondary N) is 1. The van der Waals surface area contributed by atoms with Gasteiger partial charge in [-0.15, -0.1) is 0 Å². The molecule has 2 aromatic rings. The van der Waals surface area contributed by atoms with Gasteiger partial charge in [0.1, 0.15) is 5.75 Å². The van der Waals surface area contributed by atoms with E-state index < -0.39 is 16.9 Å². The highest BCUT2D eigenvalue weighted by atomic mass is 32.2. The number of hydrogen-bond acceptors (Lipinski definition) is 3. The van der Waals surface area contributed by atoms with Crippen LogP contribution in [0.4, 0.5) is 0 Å². The fraction of sp³-hybridized carbons (Fsp3) is 0.133. The van der Waals surface area contributed by atoms with Gasteiger partial charge in [-0.3, -0.25) is 9.52 Å². The van der Waals surface area contributed by atoms with Crippen molar-refractivity contribution in [3.05, 3.63) is 59.7 Å². The van der Waals surface area contributed by atoms with Gasteiger partial charge < -0.3 is 4.74 Å². The SMILES string of the molecule is COc1ccccc1C(=O)NS(=O)c1ccc(C)cc1. The van der Waals surface area contributed by atoms with E-state index in [0.29, 0.717) is 16.2 Å². The highest BCUT2D eigenvalue weighted by Gasteiger charge is 2.14. The minimum absolute atomic E-state index is 0.357. The molecule has 0 spiro atoms. The summed E-state index contributed by atoms with van der Waals surface area (Å²) in [5.74, 6) is 0.0206. The predicted molar refractivity (Wildman–Crippen MR) is 78.0 cm³/mol. The minimum Gasteiger partial charge on any atom is -0.496 e. The Morgan fingerprint density at radius 2 is 1.75 bits per heavy atom. The summed E-state index contributed by atoms with van der Waals surface area (Å²) in [5.41, 5.74) is 1.43. The smallest absolute Gasteiger partial charge is 0.266 e. The molecule has 0 bridgehead atoms. The lowest BCUT2D eigenvalue weighted by atomic mass is 10.2. The van der Waals surface area contributed by atoms with E-state index in [-0.39, 0.29) is 0 Å². The number of aryl methyl sites for hydroxylation is 1. The molecule has 1 N–H and O–H groups in total. The lowest BCUT2D eigenvalue weighted by Crippen LogP contribution is -2.26. The van der Waals surface area contributed by atoms with Crippen molar-refractivity contribution in [3.8, 4) is 5.75 Å². The lowest BCUT2D eigenvalue weighted by Gasteiger charge is -2.08. The second-order valence-electron chi connectivity index (χ2n) is 4.21. The quantitative estimate of drug-likeness (QED) is 0.940. The van der Waals surface area contributed by atoms with Crippen molar-refractivity contribution >= 4 is 16.9 Å². The first kappa shape index (κ1) is 14.3. The van der Waals surface area contributed by atoms with Crippen LogP contribution in [-0.2, 0) is 11.0 Å². The van der Waals surface area contributed by atoms with Gasteiger partial charge in [0.25, 0.3) is 5.91 Å². The first-order valence-corrected chi connectivity index (χ1v) is 7.19. The van der Waals surface area contributed by atoms with E-state index in [2.05, 4.69) is 4.72 Å². The van der Waals surface area contributed by atoms with Crippen molar-refractivity contribution in [1.82, 2.24) is 4.72 Å². The molecule has 0 aliphatic carbocycles. The maximum absolute atomic E-state index is 12.1. The van der Waals surface area contributed by atoms with Gasteiger partial charge in [0.05, 0.1) is 17.6 Å². The molecule has 5 heteroatoms. The van der Waals surface area contributed by atoms with E-state index >= 15 is 0 Å². The summed E-state index contributed by atoms with van der Waals surface area (Å²) in [6.45, 7) is 1.94. The summed E-state index contributed by atoms with van der Waals surface area (Å²) in [5, 5.41) is 0. The molecular weight excluding hydrogens is 274 g/mol. The molecule has 0 aliphatic heterocycles. The van der Waals surface area contributed by atoms with Crippen LogP contribution in [-0.4, -0.2) is 17.2 Å². The van der Waals surface area contributed by atoms with E-state index in [0.717, 1.165) is 5.56 Å². The molecule has 20 heavy (non-hydrogen) atoms. The van der Waals surface area contributed by atoms with Crippen LogP contribution in [0.5, 0.6) is 5.75 Å². The Kier molecular flexibility index (Phi) is 4.53. The normalized spacial score (nSPS) is 11.7. The van der Waals surface area contributed by atoms with Crippen LogP contribution < -0.4 is 9.46 Å². The third-order valence-electron chi connectivity index (χ3n) is 2.77. The largest absolute Gasteiger partial charge is 0.496 e. The van der Waals surface area contributed by atoms with Gasteiger partial charge >= 0.3 is 0 Å². The molecule has 0 aromatic heterocycles. The topological polar surface area (TPSA) is 55.4 Å². The standard InChI is InChI=1S/C15H15NO3S/c1-11-7-9-12(10-8-11)20(18)16-15(17)13-5-3-4-6-14(13)19-2/h3-10H,1-2H3,(H,16,17). The van der Waals surface area contributed by atoms with E-state index in [1.54, 1.807) is 36.4 Å². The number of ether oxygens (including phenoxy) is 1. The van der Waals surface area contributed by atoms with Crippen molar-refractivity contribution in [2.45, 2.75) is 11.8 Å². The molecule has 104 valence electrons. The second-order valence-corrected chi connectivity index (χ2v) is 5.43. The molecule has 0 saturated heterocycles. The average molecular weight is 289 g/mol. The molecule has 0 fully saturated rings. The Balaban J connectivity index is 2.15. The molecule has 0 saturated carbocycles. The zero-order valence-corrected chi connectivity index (χ0v) is 12.1. The van der Waals surface area contributed by atoms with Crippen molar-refractivity contribution < 1.29 is 13.7 Å². The Bertz CT molecular complexity index is 638. The number of benzene rings is 2. The fourth-order valence-corrected chi connectivity index (χ4v) is 2.47. The summed E-state index contributed by atoms with van der Waals surface area (Å²) in [4.78, 5) is 12.6. The van der Waals surface area contributed by atoms with Crippen molar-refractivity contribution in [3.63, 3.8) is 0 Å². The second kappa shape index (κ2) is 6.34. The summed E-state index contributed by atoms with van der Waals surface area (Å²) in [6.07, 6.45) is 0. The van der Waals surface area contributed by atoms with Gasteiger partial charge in [-0.1, -0.05) is 29.8 Å². The Labute approximate surface area is 120 Å². The maximum atomic E-state index is 12.1. The number of para-hydroxylation sites is 1. The number of methoxy groups -OCH3 is 1. The molecule has 4 nitrogen and oxygen atoms in total. The average Bonchev–Trinajstić information content (AvgIpc) is 2.47. The molecule has 0 aliphatic rings. The first-order valence-electron chi connectivity index (χ1n) is 6.04. The van der Waals surface area contributed by atoms with Gasteiger partial charge in [0.15, 0.2) is 11.0 Å². The van der Waals surface area contributed by atoms with Gasteiger partial charge in [-0.2, -0.15) is 0 Å². The van der Waals surface area contributed by atoms with Crippen LogP contribution in [0.1, 0.15) is 15.9 Å².